The highest BCUT2D eigenvalue weighted by atomic mass is 35.6. The molecule has 1 aromatic carbocycles. The van der Waals surface area contributed by atoms with Crippen molar-refractivity contribution >= 4 is 20.6 Å². The van der Waals surface area contributed by atoms with Gasteiger partial charge in [0.2, 0.25) is 0 Å². The highest BCUT2D eigenvalue weighted by Crippen LogP contribution is 2.02. The SMILES string of the molecule is Cc1ccccc1C.[SiH3]Cl. The van der Waals surface area contributed by atoms with Crippen molar-refractivity contribution < 1.29 is 0 Å². The van der Waals surface area contributed by atoms with E-state index in [1.54, 1.807) is 0 Å². The fraction of sp³-hybridized carbons (Fsp3) is 0.250. The molecule has 1 aromatic rings. The molecule has 10 heavy (non-hydrogen) atoms. The summed E-state index contributed by atoms with van der Waals surface area (Å²) >= 11 is 4.78. The number of benzene rings is 1. The normalized spacial score (nSPS) is 8.30. The summed E-state index contributed by atoms with van der Waals surface area (Å²) in [5.74, 6) is 0. The summed E-state index contributed by atoms with van der Waals surface area (Å²) < 4.78 is 0. The van der Waals surface area contributed by atoms with Crippen molar-refractivity contribution in [3.05, 3.63) is 35.4 Å². The molecule has 0 saturated carbocycles. The van der Waals surface area contributed by atoms with Crippen LogP contribution in [0.5, 0.6) is 0 Å². The molecule has 0 atom stereocenters. The number of hydrogen-bond donors (Lipinski definition) is 0. The van der Waals surface area contributed by atoms with Gasteiger partial charge in [-0.3, -0.25) is 0 Å². The topological polar surface area (TPSA) is 0 Å². The first-order valence-corrected chi connectivity index (χ1v) is 6.23. The van der Waals surface area contributed by atoms with Crippen molar-refractivity contribution in [1.29, 1.82) is 0 Å². The molecule has 0 fully saturated rings. The van der Waals surface area contributed by atoms with E-state index >= 15 is 0 Å². The maximum Gasteiger partial charge on any atom is 0.109 e. The van der Waals surface area contributed by atoms with E-state index in [0.29, 0.717) is 0 Å². The third-order valence-corrected chi connectivity index (χ3v) is 1.43. The van der Waals surface area contributed by atoms with Gasteiger partial charge in [0.1, 0.15) is 9.55 Å². The van der Waals surface area contributed by atoms with Gasteiger partial charge >= 0.3 is 0 Å². The summed E-state index contributed by atoms with van der Waals surface area (Å²) in [6.45, 7) is 4.24. The molecule has 56 valence electrons. The summed E-state index contributed by atoms with van der Waals surface area (Å²) in [5.41, 5.74) is 2.74. The lowest BCUT2D eigenvalue weighted by Gasteiger charge is -1.93. The van der Waals surface area contributed by atoms with E-state index in [2.05, 4.69) is 38.1 Å². The minimum atomic E-state index is 0.778. The average Bonchev–Trinajstić information content (AvgIpc) is 2.00. The molecule has 0 aromatic heterocycles. The fourth-order valence-corrected chi connectivity index (χ4v) is 0.663. The zero-order chi connectivity index (χ0) is 7.98. The van der Waals surface area contributed by atoms with E-state index in [0.717, 1.165) is 9.55 Å². The average molecular weight is 173 g/mol. The molecule has 2 heteroatoms. The summed E-state index contributed by atoms with van der Waals surface area (Å²) in [6.07, 6.45) is 0. The van der Waals surface area contributed by atoms with Crippen LogP contribution < -0.4 is 0 Å². The van der Waals surface area contributed by atoms with Gasteiger partial charge in [-0.15, -0.1) is 0 Å². The Morgan fingerprint density at radius 3 is 1.50 bits per heavy atom. The highest BCUT2D eigenvalue weighted by Gasteiger charge is 1.83. The van der Waals surface area contributed by atoms with Crippen LogP contribution in [-0.2, 0) is 0 Å². The van der Waals surface area contributed by atoms with Crippen LogP contribution in [0.25, 0.3) is 0 Å². The molecule has 0 nitrogen and oxygen atoms in total. The first kappa shape index (κ1) is 9.73. The Bertz CT molecular complexity index is 165. The first-order valence-electron chi connectivity index (χ1n) is 3.21. The van der Waals surface area contributed by atoms with Crippen molar-refractivity contribution in [3.8, 4) is 0 Å². The summed E-state index contributed by atoms with van der Waals surface area (Å²) in [6, 6.07) is 8.36. The quantitative estimate of drug-likeness (QED) is 0.414. The third kappa shape index (κ3) is 3.04. The molecule has 0 N–H and O–H groups in total. The predicted molar refractivity (Wildman–Crippen MR) is 51.7 cm³/mol. The molecule has 0 spiro atoms. The minimum Gasteiger partial charge on any atom is -0.181 e. The maximum absolute atomic E-state index is 4.78. The Balaban J connectivity index is 0.000000371. The van der Waals surface area contributed by atoms with Gasteiger partial charge in [0.15, 0.2) is 0 Å². The van der Waals surface area contributed by atoms with E-state index in [4.69, 9.17) is 11.1 Å². The molecule has 0 saturated heterocycles. The van der Waals surface area contributed by atoms with Crippen LogP contribution in [-0.4, -0.2) is 9.55 Å². The molecule has 0 heterocycles. The molecular formula is C8H13ClSi. The van der Waals surface area contributed by atoms with Crippen molar-refractivity contribution in [2.45, 2.75) is 13.8 Å². The molecule has 0 aliphatic heterocycles. The van der Waals surface area contributed by atoms with Gasteiger partial charge in [-0.25, -0.2) is 0 Å². The van der Waals surface area contributed by atoms with Crippen LogP contribution in [0.1, 0.15) is 11.1 Å². The van der Waals surface area contributed by atoms with Gasteiger partial charge in [0, 0.05) is 0 Å². The molecule has 0 aliphatic rings. The maximum atomic E-state index is 4.78. The monoisotopic (exact) mass is 172 g/mol. The second-order valence-electron chi connectivity index (χ2n) is 2.08. The zero-order valence-electron chi connectivity index (χ0n) is 6.69. The molecule has 0 bridgehead atoms. The lowest BCUT2D eigenvalue weighted by Crippen LogP contribution is -1.74. The van der Waals surface area contributed by atoms with E-state index in [1.165, 1.54) is 11.1 Å². The number of halogens is 1. The van der Waals surface area contributed by atoms with Crippen molar-refractivity contribution in [2.75, 3.05) is 0 Å². The van der Waals surface area contributed by atoms with E-state index in [9.17, 15) is 0 Å². The van der Waals surface area contributed by atoms with Gasteiger partial charge in [0.05, 0.1) is 0 Å². The lowest BCUT2D eigenvalue weighted by molar-refractivity contribution is 1.34. The van der Waals surface area contributed by atoms with E-state index < -0.39 is 0 Å². The highest BCUT2D eigenvalue weighted by molar-refractivity contribution is 6.80. The molecule has 0 amide bonds. The summed E-state index contributed by atoms with van der Waals surface area (Å²) in [5, 5.41) is 0. The molecular weight excluding hydrogens is 160 g/mol. The van der Waals surface area contributed by atoms with Gasteiger partial charge in [0.25, 0.3) is 0 Å². The Morgan fingerprint density at radius 1 is 1.00 bits per heavy atom. The smallest absolute Gasteiger partial charge is 0.109 e. The van der Waals surface area contributed by atoms with Gasteiger partial charge in [-0.2, -0.15) is 11.1 Å². The molecule has 0 aliphatic carbocycles. The Kier molecular flexibility index (Phi) is 5.36. The standard InChI is InChI=1S/C8H10.ClH3Si/c1-7-5-3-4-6-8(7)2;1-2/h3-6H,1-2H3;2H3. The van der Waals surface area contributed by atoms with Crippen molar-refractivity contribution in [1.82, 2.24) is 0 Å². The van der Waals surface area contributed by atoms with Crippen LogP contribution in [0.15, 0.2) is 24.3 Å². The van der Waals surface area contributed by atoms with Gasteiger partial charge in [-0.05, 0) is 25.0 Å². The number of hydrogen-bond acceptors (Lipinski definition) is 0. The molecule has 0 radical (unpaired) electrons. The largest absolute Gasteiger partial charge is 0.181 e. The van der Waals surface area contributed by atoms with E-state index in [1.807, 2.05) is 0 Å². The third-order valence-electron chi connectivity index (χ3n) is 1.43. The number of aryl methyl sites for hydroxylation is 2. The summed E-state index contributed by atoms with van der Waals surface area (Å²) in [4.78, 5) is 0. The fourth-order valence-electron chi connectivity index (χ4n) is 0.663. The first-order chi connectivity index (χ1) is 4.80. The Labute approximate surface area is 70.3 Å². The Morgan fingerprint density at radius 2 is 1.30 bits per heavy atom. The van der Waals surface area contributed by atoms with Crippen molar-refractivity contribution in [2.24, 2.45) is 0 Å². The Hall–Kier alpha value is -0.273. The minimum absolute atomic E-state index is 0.778. The van der Waals surface area contributed by atoms with Crippen LogP contribution in [0, 0.1) is 13.8 Å². The zero-order valence-corrected chi connectivity index (χ0v) is 9.44. The van der Waals surface area contributed by atoms with Crippen LogP contribution >= 0.6 is 11.1 Å². The summed E-state index contributed by atoms with van der Waals surface area (Å²) in [7, 11) is 0.778. The number of rotatable bonds is 0. The second-order valence-corrected chi connectivity index (χ2v) is 2.08. The van der Waals surface area contributed by atoms with E-state index in [-0.39, 0.29) is 0 Å². The molecule has 1 rings (SSSR count). The van der Waals surface area contributed by atoms with Gasteiger partial charge in [-0.1, -0.05) is 24.3 Å². The lowest BCUT2D eigenvalue weighted by atomic mass is 10.1. The second kappa shape index (κ2) is 5.51. The van der Waals surface area contributed by atoms with Crippen LogP contribution in [0.4, 0.5) is 0 Å². The van der Waals surface area contributed by atoms with Crippen LogP contribution in [0.3, 0.4) is 0 Å². The van der Waals surface area contributed by atoms with Crippen molar-refractivity contribution in [3.63, 3.8) is 0 Å². The predicted octanol–water partition coefficient (Wildman–Crippen LogP) is 1.81. The molecule has 0 unspecified atom stereocenters. The van der Waals surface area contributed by atoms with Gasteiger partial charge < -0.3 is 0 Å². The van der Waals surface area contributed by atoms with Crippen LogP contribution in [0.2, 0.25) is 0 Å².